The van der Waals surface area contributed by atoms with E-state index in [1.165, 1.54) is 14.8 Å². The molecule has 0 nitrogen and oxygen atoms in total. The van der Waals surface area contributed by atoms with Crippen LogP contribution in [0.3, 0.4) is 0 Å². The molecule has 0 saturated carbocycles. The Morgan fingerprint density at radius 1 is 0.900 bits per heavy atom. The number of thiol groups is 2. The van der Waals surface area contributed by atoms with Gasteiger partial charge in [-0.05, 0) is 25.0 Å². The second-order valence-electron chi connectivity index (χ2n) is 0.333. The Labute approximate surface area is 89.4 Å². The average Bonchev–Trinajstić information content (AvgIpc) is 2.29. The van der Waals surface area contributed by atoms with Crippen molar-refractivity contribution in [1.82, 2.24) is 0 Å². The Kier molecular flexibility index (Phi) is 139. The van der Waals surface area contributed by atoms with Gasteiger partial charge in [0.25, 0.3) is 0 Å². The van der Waals surface area contributed by atoms with E-state index in [4.69, 9.17) is 2.74 Å². The van der Waals surface area contributed by atoms with E-state index in [1.807, 2.05) is 0 Å². The lowest BCUT2D eigenvalue weighted by Crippen LogP contribution is -1.28. The molecule has 0 fully saturated rings. The molecule has 0 aliphatic heterocycles. The van der Waals surface area contributed by atoms with E-state index in [1.54, 1.807) is 34.1 Å². The van der Waals surface area contributed by atoms with Crippen molar-refractivity contribution in [2.75, 3.05) is 25.0 Å². The lowest BCUT2D eigenvalue weighted by Gasteiger charge is -1.69. The van der Waals surface area contributed by atoms with Crippen molar-refractivity contribution in [3.8, 4) is 0 Å². The predicted octanol–water partition coefficient (Wildman–Crippen LogP) is 3.99. The molecule has 0 unspecified atom stereocenters. The van der Waals surface area contributed by atoms with E-state index in [-0.39, 0.29) is 0 Å². The van der Waals surface area contributed by atoms with Crippen molar-refractivity contribution < 1.29 is 2.74 Å². The molecule has 0 spiro atoms. The van der Waals surface area contributed by atoms with Crippen LogP contribution >= 0.6 is 46.8 Å². The lowest BCUT2D eigenvalue weighted by atomic mass is 12.0. The molecule has 0 atom stereocenters. The van der Waals surface area contributed by atoms with Gasteiger partial charge in [0.05, 0.1) is 0 Å². The third-order valence-electron chi connectivity index (χ3n) is 0.167. The van der Waals surface area contributed by atoms with Gasteiger partial charge in [0.1, 0.15) is 0 Å². The van der Waals surface area contributed by atoms with E-state index in [9.17, 15) is 0 Å². The van der Waals surface area contributed by atoms with Crippen LogP contribution < -0.4 is 0 Å². The van der Waals surface area contributed by atoms with E-state index >= 15 is 0 Å². The van der Waals surface area contributed by atoms with Gasteiger partial charge in [0, 0.05) is 2.74 Å². The zero-order valence-electron chi connectivity index (χ0n) is 9.71. The third kappa shape index (κ3) is 115. The minimum Gasteiger partial charge on any atom is -0.183 e. The standard InChI is InChI=1S/C2H6S2.2CH4S.2CH4/c1-3-4-2;2*1-2;;/h1-2H3;2*2H,1H3;2*1H4/i;;;2*1T. The van der Waals surface area contributed by atoms with E-state index in [2.05, 4.69) is 37.8 Å². The van der Waals surface area contributed by atoms with Gasteiger partial charge in [-0.25, -0.2) is 0 Å². The minimum absolute atomic E-state index is 1.25. The Morgan fingerprint density at radius 2 is 1.00 bits per heavy atom. The molecule has 0 aromatic heterocycles. The van der Waals surface area contributed by atoms with Crippen LogP contribution in [0.1, 0.15) is 17.5 Å². The first-order valence-corrected chi connectivity index (χ1v) is 6.63. The van der Waals surface area contributed by atoms with Crippen LogP contribution in [0.25, 0.3) is 0 Å². The van der Waals surface area contributed by atoms with Crippen molar-refractivity contribution in [2.45, 2.75) is 14.8 Å². The van der Waals surface area contributed by atoms with Gasteiger partial charge in [0.2, 0.25) is 0 Å². The average molecular weight is 227 g/mol. The number of hydrogen-bond acceptors (Lipinski definition) is 4. The first kappa shape index (κ1) is 17.5. The molecule has 0 N–H and O–H groups in total. The van der Waals surface area contributed by atoms with Gasteiger partial charge in [-0.1, -0.05) is 36.4 Å². The molecule has 0 rings (SSSR count). The Bertz CT molecular complexity index is 19.5. The van der Waals surface area contributed by atoms with Crippen LogP contribution in [0.4, 0.5) is 0 Å². The number of rotatable bonds is 1. The first-order chi connectivity index (χ1) is 5.91. The molecule has 10 heavy (non-hydrogen) atoms. The van der Waals surface area contributed by atoms with Crippen molar-refractivity contribution in [1.29, 1.82) is 0 Å². The van der Waals surface area contributed by atoms with Gasteiger partial charge >= 0.3 is 0 Å². The summed E-state index contributed by atoms with van der Waals surface area (Å²) in [5.74, 6) is 0. The molecule has 0 aliphatic rings. The van der Waals surface area contributed by atoms with Gasteiger partial charge in [-0.2, -0.15) is 25.3 Å². The number of hydrogen-bond donors (Lipinski definition) is 2. The van der Waals surface area contributed by atoms with Crippen molar-refractivity contribution >= 4 is 46.8 Å². The fourth-order valence-electron chi connectivity index (χ4n) is 0. The van der Waals surface area contributed by atoms with Crippen molar-refractivity contribution in [3.05, 3.63) is 0 Å². The maximum absolute atomic E-state index is 5.75. The highest BCUT2D eigenvalue weighted by Crippen LogP contribution is 2.09. The molecule has 0 amide bonds. The highest BCUT2D eigenvalue weighted by Gasteiger charge is 1.55. The van der Waals surface area contributed by atoms with Gasteiger partial charge in [-0.3, -0.25) is 0 Å². The largest absolute Gasteiger partial charge is 0.183 e. The topological polar surface area (TPSA) is 0 Å². The van der Waals surface area contributed by atoms with E-state index in [0.29, 0.717) is 0 Å². The van der Waals surface area contributed by atoms with Crippen LogP contribution in [0.15, 0.2) is 0 Å². The summed E-state index contributed by atoms with van der Waals surface area (Å²) in [6.07, 6.45) is 7.51. The van der Waals surface area contributed by atoms with Crippen LogP contribution in [0.2, 0.25) is 0 Å². The SMILES string of the molecule is CS.CS.CSSC.[3H]C.[3H]C. The van der Waals surface area contributed by atoms with Gasteiger partial charge < -0.3 is 0 Å². The predicted molar refractivity (Wildman–Crippen MR) is 70.3 cm³/mol. The summed E-state index contributed by atoms with van der Waals surface area (Å²) < 4.78 is 11.5. The highest BCUT2D eigenvalue weighted by atomic mass is 33.1. The molecule has 0 saturated heterocycles. The van der Waals surface area contributed by atoms with Crippen LogP contribution in [0, 0.1) is 0 Å². The molecule has 0 heterocycles. The smallest absolute Gasteiger partial charge is 0.0194 e. The summed E-state index contributed by atoms with van der Waals surface area (Å²) in [6.45, 7) is 0. The molecule has 0 bridgehead atoms. The van der Waals surface area contributed by atoms with Crippen molar-refractivity contribution in [2.24, 2.45) is 0 Å². The fraction of sp³-hybridized carbons (Fsp3) is 1.00. The van der Waals surface area contributed by atoms with Gasteiger partial charge in [-0.15, -0.1) is 0 Å². The Morgan fingerprint density at radius 3 is 1.00 bits per heavy atom. The maximum atomic E-state index is 5.75. The normalized spacial score (nSPS) is 5.60. The van der Waals surface area contributed by atoms with Crippen LogP contribution in [-0.2, 0) is 0 Å². The summed E-state index contributed by atoms with van der Waals surface area (Å²) in [6, 6.07) is 0. The van der Waals surface area contributed by atoms with E-state index in [0.717, 1.165) is 0 Å². The second-order valence-corrected chi connectivity index (χ2v) is 3.00. The molecule has 70 valence electrons. The second kappa shape index (κ2) is 79.5. The summed E-state index contributed by atoms with van der Waals surface area (Å²) in [4.78, 5) is 0. The summed E-state index contributed by atoms with van der Waals surface area (Å²) >= 11 is 7.06. The molecular formula is C6H22S4. The fourth-order valence-corrected chi connectivity index (χ4v) is 0. The van der Waals surface area contributed by atoms with Gasteiger partial charge in [0.15, 0.2) is 0 Å². The Balaban J connectivity index is -0.0000000181. The third-order valence-corrected chi connectivity index (χ3v) is 1.50. The van der Waals surface area contributed by atoms with E-state index < -0.39 is 0 Å². The molecule has 0 radical (unpaired) electrons. The first-order valence-electron chi connectivity index (χ1n) is 3.88. The van der Waals surface area contributed by atoms with Crippen molar-refractivity contribution in [3.63, 3.8) is 0 Å². The quantitative estimate of drug-likeness (QED) is 0.512. The highest BCUT2D eigenvalue weighted by molar-refractivity contribution is 8.76. The molecule has 0 aromatic rings. The minimum atomic E-state index is 1.25. The zero-order valence-corrected chi connectivity index (χ0v) is 11.1. The summed E-state index contributed by atoms with van der Waals surface area (Å²) in [7, 11) is 6.05. The molecular weight excluding hydrogens is 200 g/mol. The van der Waals surface area contributed by atoms with Crippen LogP contribution in [0.5, 0.6) is 0 Å². The van der Waals surface area contributed by atoms with Crippen LogP contribution in [-0.4, -0.2) is 25.0 Å². The lowest BCUT2D eigenvalue weighted by molar-refractivity contribution is 2.50. The summed E-state index contributed by atoms with van der Waals surface area (Å²) in [5.41, 5.74) is 0. The Hall–Kier alpha value is 1.40. The maximum Gasteiger partial charge on any atom is 0.0194 e. The zero-order chi connectivity index (χ0) is 11.4. The molecule has 0 aliphatic carbocycles. The molecule has 0 aromatic carbocycles. The summed E-state index contributed by atoms with van der Waals surface area (Å²) in [5, 5.41) is 0. The molecule has 4 heteroatoms. The monoisotopic (exact) mass is 226 g/mol.